The maximum Gasteiger partial charge on any atom is 0.241 e. The molecule has 1 aliphatic heterocycles. The first-order chi connectivity index (χ1) is 9.61. The number of rotatable bonds is 5. The zero-order chi connectivity index (χ0) is 14.5. The molecule has 1 aliphatic carbocycles. The number of amides is 1. The second-order valence-corrected chi connectivity index (χ2v) is 7.39. The largest absolute Gasteiger partial charge is 0.386 e. The fraction of sp³-hybridized carbons (Fsp3) is 0.615. The third kappa shape index (κ3) is 4.02. The van der Waals surface area contributed by atoms with Crippen molar-refractivity contribution >= 4 is 27.5 Å². The third-order valence-corrected chi connectivity index (χ3v) is 5.95. The highest BCUT2D eigenvalue weighted by atomic mass is 33.1. The average Bonchev–Trinajstić information content (AvgIpc) is 2.99. The van der Waals surface area contributed by atoms with Gasteiger partial charge in [0.1, 0.15) is 12.2 Å². The lowest BCUT2D eigenvalue weighted by atomic mass is 10.00. The number of hydrogen-bond donors (Lipinski definition) is 2. The summed E-state index contributed by atoms with van der Waals surface area (Å²) in [6.07, 6.45) is 5.19. The molecule has 2 aliphatic rings. The Morgan fingerprint density at radius 2 is 2.25 bits per heavy atom. The molecule has 20 heavy (non-hydrogen) atoms. The monoisotopic (exact) mass is 316 g/mol. The van der Waals surface area contributed by atoms with Gasteiger partial charge in [-0.15, -0.1) is 0 Å². The van der Waals surface area contributed by atoms with Crippen LogP contribution < -0.4 is 5.84 Å². The summed E-state index contributed by atoms with van der Waals surface area (Å²) in [5.41, 5.74) is 1.03. The van der Waals surface area contributed by atoms with Crippen molar-refractivity contribution in [1.29, 1.82) is 0 Å². The van der Waals surface area contributed by atoms with Crippen LogP contribution in [0, 0.1) is 5.92 Å². The maximum atomic E-state index is 12.1. The molecule has 0 aromatic rings. The van der Waals surface area contributed by atoms with Crippen LogP contribution in [0.4, 0.5) is 0 Å². The Kier molecular flexibility index (Phi) is 5.98. The number of allylic oxidation sites excluding steroid dienone is 1. The van der Waals surface area contributed by atoms with E-state index in [-0.39, 0.29) is 17.9 Å². The first-order valence-electron chi connectivity index (χ1n) is 6.52. The summed E-state index contributed by atoms with van der Waals surface area (Å²) >= 11 is 0. The van der Waals surface area contributed by atoms with Gasteiger partial charge in [-0.05, 0) is 18.1 Å². The minimum atomic E-state index is -0.605. The van der Waals surface area contributed by atoms with Crippen LogP contribution in [0.25, 0.3) is 0 Å². The van der Waals surface area contributed by atoms with Gasteiger partial charge < -0.3 is 9.84 Å². The molecule has 0 aromatic heterocycles. The van der Waals surface area contributed by atoms with E-state index in [0.29, 0.717) is 13.0 Å². The molecular weight excluding hydrogens is 296 g/mol. The van der Waals surface area contributed by atoms with Crippen LogP contribution in [-0.2, 0) is 9.53 Å². The first-order valence-corrected chi connectivity index (χ1v) is 9.01. The number of carbonyl (C=O) groups is 1. The van der Waals surface area contributed by atoms with Crippen LogP contribution in [0.2, 0.25) is 0 Å². The minimum absolute atomic E-state index is 0.0196. The van der Waals surface area contributed by atoms with Gasteiger partial charge >= 0.3 is 0 Å². The Morgan fingerprint density at radius 1 is 1.55 bits per heavy atom. The first kappa shape index (κ1) is 15.9. The van der Waals surface area contributed by atoms with E-state index < -0.39 is 6.10 Å². The molecule has 2 rings (SSSR count). The summed E-state index contributed by atoms with van der Waals surface area (Å²) in [4.78, 5) is 12.1. The molecule has 0 radical (unpaired) electrons. The number of carbonyl (C=O) groups excluding carboxylic acids is 1. The highest BCUT2D eigenvalue weighted by molar-refractivity contribution is 8.77. The molecule has 3 N–H and O–H groups in total. The number of ether oxygens (including phenoxy) is 1. The van der Waals surface area contributed by atoms with Crippen LogP contribution in [0.15, 0.2) is 23.8 Å². The summed E-state index contributed by atoms with van der Waals surface area (Å²) in [7, 11) is 5.01. The normalized spacial score (nSPS) is 26.6. The topological polar surface area (TPSA) is 75.8 Å². The van der Waals surface area contributed by atoms with E-state index in [1.54, 1.807) is 34.8 Å². The van der Waals surface area contributed by atoms with Gasteiger partial charge in [-0.2, -0.15) is 0 Å². The number of nitrogens with two attached hydrogens (primary N) is 1. The van der Waals surface area contributed by atoms with Crippen molar-refractivity contribution in [3.63, 3.8) is 0 Å². The van der Waals surface area contributed by atoms with Gasteiger partial charge in [0, 0.05) is 25.2 Å². The molecule has 0 aromatic carbocycles. The standard InChI is InChI=1S/C13H20N2O3S2/c1-18-12-6-9(2-3-11(12)16)4-5-15(14)13(17)10-7-19-20-8-10/h2-3,6,10-12,16H,4-5,7-8,14H2,1H3. The number of hydrazine groups is 1. The second kappa shape index (κ2) is 7.51. The predicted molar refractivity (Wildman–Crippen MR) is 83.0 cm³/mol. The van der Waals surface area contributed by atoms with Crippen LogP contribution in [-0.4, -0.2) is 53.4 Å². The lowest BCUT2D eigenvalue weighted by Gasteiger charge is -2.23. The summed E-state index contributed by atoms with van der Waals surface area (Å²) in [6, 6.07) is 0. The van der Waals surface area contributed by atoms with Crippen molar-refractivity contribution < 1.29 is 14.6 Å². The summed E-state index contributed by atoms with van der Waals surface area (Å²) in [5, 5.41) is 11.0. The predicted octanol–water partition coefficient (Wildman–Crippen LogP) is 0.962. The van der Waals surface area contributed by atoms with E-state index in [1.807, 2.05) is 12.2 Å². The van der Waals surface area contributed by atoms with Crippen molar-refractivity contribution in [1.82, 2.24) is 5.01 Å². The van der Waals surface area contributed by atoms with Crippen molar-refractivity contribution in [3.05, 3.63) is 23.8 Å². The van der Waals surface area contributed by atoms with Crippen LogP contribution >= 0.6 is 21.6 Å². The number of methoxy groups -OCH3 is 1. The zero-order valence-corrected chi connectivity index (χ0v) is 13.0. The SMILES string of the molecule is COC1C=C(CCN(N)C(=O)C2CSSC2)C=CC1O. The molecule has 1 fully saturated rings. The molecule has 2 unspecified atom stereocenters. The van der Waals surface area contributed by atoms with E-state index in [2.05, 4.69) is 0 Å². The molecule has 1 saturated heterocycles. The van der Waals surface area contributed by atoms with E-state index in [0.717, 1.165) is 17.1 Å². The molecule has 5 nitrogen and oxygen atoms in total. The second-order valence-electron chi connectivity index (χ2n) is 4.84. The number of nitrogens with zero attached hydrogens (tertiary/aromatic N) is 1. The van der Waals surface area contributed by atoms with Gasteiger partial charge in [-0.1, -0.05) is 33.7 Å². The Morgan fingerprint density at radius 3 is 2.90 bits per heavy atom. The van der Waals surface area contributed by atoms with Crippen molar-refractivity contribution in [2.75, 3.05) is 25.2 Å². The molecule has 1 heterocycles. The van der Waals surface area contributed by atoms with Gasteiger partial charge in [-0.25, -0.2) is 5.84 Å². The summed E-state index contributed by atoms with van der Waals surface area (Å²) in [6.45, 7) is 0.480. The van der Waals surface area contributed by atoms with Gasteiger partial charge in [0.15, 0.2) is 0 Å². The van der Waals surface area contributed by atoms with Crippen molar-refractivity contribution in [2.24, 2.45) is 11.8 Å². The summed E-state index contributed by atoms with van der Waals surface area (Å²) in [5.74, 6) is 7.59. The van der Waals surface area contributed by atoms with Gasteiger partial charge in [0.2, 0.25) is 5.91 Å². The number of aliphatic hydroxyl groups is 1. The lowest BCUT2D eigenvalue weighted by molar-refractivity contribution is -0.134. The van der Waals surface area contributed by atoms with E-state index >= 15 is 0 Å². The third-order valence-electron chi connectivity index (χ3n) is 3.39. The maximum absolute atomic E-state index is 12.1. The molecule has 0 bridgehead atoms. The fourth-order valence-electron chi connectivity index (χ4n) is 2.12. The highest BCUT2D eigenvalue weighted by Gasteiger charge is 2.27. The Hall–Kier alpha value is -0.470. The molecule has 1 amide bonds. The number of hydrogen-bond acceptors (Lipinski definition) is 6. The Labute approximate surface area is 127 Å². The average molecular weight is 316 g/mol. The van der Waals surface area contributed by atoms with E-state index in [4.69, 9.17) is 10.6 Å². The van der Waals surface area contributed by atoms with E-state index in [1.165, 1.54) is 5.01 Å². The zero-order valence-electron chi connectivity index (χ0n) is 11.4. The van der Waals surface area contributed by atoms with Crippen molar-refractivity contribution in [3.8, 4) is 0 Å². The lowest BCUT2D eigenvalue weighted by Crippen LogP contribution is -2.43. The van der Waals surface area contributed by atoms with Crippen molar-refractivity contribution in [2.45, 2.75) is 18.6 Å². The van der Waals surface area contributed by atoms with Gasteiger partial charge in [-0.3, -0.25) is 9.80 Å². The summed E-state index contributed by atoms with van der Waals surface area (Å²) < 4.78 is 5.17. The molecule has 0 spiro atoms. The van der Waals surface area contributed by atoms with Gasteiger partial charge in [0.25, 0.3) is 0 Å². The highest BCUT2D eigenvalue weighted by Crippen LogP contribution is 2.35. The van der Waals surface area contributed by atoms with Crippen LogP contribution in [0.5, 0.6) is 0 Å². The molecular formula is C13H20N2O3S2. The molecule has 0 saturated carbocycles. The molecule has 2 atom stereocenters. The Bertz CT molecular complexity index is 408. The molecule has 112 valence electrons. The van der Waals surface area contributed by atoms with Crippen LogP contribution in [0.3, 0.4) is 0 Å². The van der Waals surface area contributed by atoms with E-state index in [9.17, 15) is 9.90 Å². The smallest absolute Gasteiger partial charge is 0.241 e. The number of aliphatic hydroxyl groups excluding tert-OH is 1. The Balaban J connectivity index is 1.82. The quantitative estimate of drug-likeness (QED) is 0.341. The minimum Gasteiger partial charge on any atom is -0.386 e. The van der Waals surface area contributed by atoms with Crippen LogP contribution in [0.1, 0.15) is 6.42 Å². The fourth-order valence-corrected chi connectivity index (χ4v) is 4.87. The van der Waals surface area contributed by atoms with Gasteiger partial charge in [0.05, 0.1) is 5.92 Å². The molecule has 7 heteroatoms.